The SMILES string of the molecule is C=C(C)c1cc(C)cc(CN(C)Cc2ccc(C(C)(C)c3ccccc3)cc2)c1. The molecule has 0 aliphatic carbocycles. The third-order valence-electron chi connectivity index (χ3n) is 5.71. The van der Waals surface area contributed by atoms with Gasteiger partial charge in [0.1, 0.15) is 0 Å². The molecule has 0 N–H and O–H groups in total. The van der Waals surface area contributed by atoms with Gasteiger partial charge in [0.25, 0.3) is 0 Å². The van der Waals surface area contributed by atoms with Crippen LogP contribution in [0.4, 0.5) is 0 Å². The number of nitrogens with zero attached hydrogens (tertiary/aromatic N) is 1. The van der Waals surface area contributed by atoms with Gasteiger partial charge in [-0.25, -0.2) is 0 Å². The molecule has 0 amide bonds. The number of aryl methyl sites for hydroxylation is 1. The van der Waals surface area contributed by atoms with Gasteiger partial charge in [-0.15, -0.1) is 0 Å². The maximum Gasteiger partial charge on any atom is 0.0234 e. The van der Waals surface area contributed by atoms with Crippen LogP contribution in [0.2, 0.25) is 0 Å². The minimum atomic E-state index is 0.00616. The van der Waals surface area contributed by atoms with Crippen LogP contribution in [0.25, 0.3) is 5.57 Å². The highest BCUT2D eigenvalue weighted by atomic mass is 15.1. The van der Waals surface area contributed by atoms with E-state index in [0.717, 1.165) is 18.7 Å². The van der Waals surface area contributed by atoms with E-state index in [2.05, 4.69) is 119 Å². The molecule has 0 saturated heterocycles. The van der Waals surface area contributed by atoms with Gasteiger partial charge < -0.3 is 0 Å². The van der Waals surface area contributed by atoms with Gasteiger partial charge in [0, 0.05) is 18.5 Å². The molecule has 150 valence electrons. The Morgan fingerprint density at radius 2 is 1.41 bits per heavy atom. The maximum absolute atomic E-state index is 4.09. The second kappa shape index (κ2) is 8.80. The normalized spacial score (nSPS) is 11.7. The Labute approximate surface area is 176 Å². The first-order chi connectivity index (χ1) is 13.8. The van der Waals surface area contributed by atoms with E-state index in [-0.39, 0.29) is 5.41 Å². The first-order valence-electron chi connectivity index (χ1n) is 10.4. The highest BCUT2D eigenvalue weighted by Gasteiger charge is 2.22. The number of benzene rings is 3. The van der Waals surface area contributed by atoms with Crippen molar-refractivity contribution in [2.24, 2.45) is 0 Å². The molecule has 3 aromatic carbocycles. The van der Waals surface area contributed by atoms with Crippen molar-refractivity contribution in [1.29, 1.82) is 0 Å². The van der Waals surface area contributed by atoms with Crippen molar-refractivity contribution in [3.8, 4) is 0 Å². The predicted molar refractivity (Wildman–Crippen MR) is 126 cm³/mol. The third kappa shape index (κ3) is 5.25. The zero-order chi connectivity index (χ0) is 21.0. The average Bonchev–Trinajstić information content (AvgIpc) is 2.68. The Balaban J connectivity index is 1.69. The molecular weight excluding hydrogens is 350 g/mol. The largest absolute Gasteiger partial charge is 0.298 e. The van der Waals surface area contributed by atoms with Gasteiger partial charge in [-0.05, 0) is 48.7 Å². The van der Waals surface area contributed by atoms with Crippen LogP contribution in [0.3, 0.4) is 0 Å². The molecule has 0 radical (unpaired) electrons. The van der Waals surface area contributed by atoms with Gasteiger partial charge in [-0.2, -0.15) is 0 Å². The van der Waals surface area contributed by atoms with E-state index in [1.54, 1.807) is 0 Å². The molecule has 0 spiro atoms. The second-order valence-corrected chi connectivity index (χ2v) is 8.85. The topological polar surface area (TPSA) is 3.24 Å². The van der Waals surface area contributed by atoms with Gasteiger partial charge in [0.05, 0.1) is 0 Å². The number of rotatable bonds is 7. The van der Waals surface area contributed by atoms with Gasteiger partial charge in [0.2, 0.25) is 0 Å². The molecule has 0 aliphatic rings. The van der Waals surface area contributed by atoms with Crippen LogP contribution in [0, 0.1) is 6.92 Å². The van der Waals surface area contributed by atoms with E-state index in [1.165, 1.54) is 33.4 Å². The molecular formula is C28H33N. The van der Waals surface area contributed by atoms with Crippen LogP contribution in [-0.2, 0) is 18.5 Å². The van der Waals surface area contributed by atoms with Crippen LogP contribution in [0.5, 0.6) is 0 Å². The van der Waals surface area contributed by atoms with Crippen LogP contribution < -0.4 is 0 Å². The third-order valence-corrected chi connectivity index (χ3v) is 5.71. The summed E-state index contributed by atoms with van der Waals surface area (Å²) in [5, 5.41) is 0. The molecule has 1 heteroatoms. The first-order valence-corrected chi connectivity index (χ1v) is 10.4. The molecule has 0 atom stereocenters. The lowest BCUT2D eigenvalue weighted by molar-refractivity contribution is 0.319. The summed E-state index contributed by atoms with van der Waals surface area (Å²) in [6.07, 6.45) is 0. The van der Waals surface area contributed by atoms with Gasteiger partial charge >= 0.3 is 0 Å². The number of hydrogen-bond donors (Lipinski definition) is 0. The summed E-state index contributed by atoms with van der Waals surface area (Å²) in [5.74, 6) is 0. The molecule has 3 rings (SSSR count). The van der Waals surface area contributed by atoms with E-state index in [0.29, 0.717) is 0 Å². The number of hydrogen-bond acceptors (Lipinski definition) is 1. The molecule has 0 aliphatic heterocycles. The van der Waals surface area contributed by atoms with Crippen molar-refractivity contribution in [1.82, 2.24) is 4.90 Å². The van der Waals surface area contributed by atoms with Crippen LogP contribution >= 0.6 is 0 Å². The van der Waals surface area contributed by atoms with Crippen LogP contribution in [0.15, 0.2) is 79.4 Å². The Morgan fingerprint density at radius 3 is 2.03 bits per heavy atom. The molecule has 3 aromatic rings. The Kier molecular flexibility index (Phi) is 6.39. The molecule has 0 saturated carbocycles. The van der Waals surface area contributed by atoms with E-state index in [4.69, 9.17) is 0 Å². The van der Waals surface area contributed by atoms with Gasteiger partial charge in [-0.1, -0.05) is 104 Å². The maximum atomic E-state index is 4.09. The molecule has 0 bridgehead atoms. The van der Waals surface area contributed by atoms with E-state index in [1.807, 2.05) is 0 Å². The zero-order valence-corrected chi connectivity index (χ0v) is 18.5. The van der Waals surface area contributed by atoms with E-state index < -0.39 is 0 Å². The lowest BCUT2D eigenvalue weighted by atomic mass is 9.78. The fourth-order valence-corrected chi connectivity index (χ4v) is 3.93. The van der Waals surface area contributed by atoms with Gasteiger partial charge in [-0.3, -0.25) is 4.90 Å². The molecule has 1 nitrogen and oxygen atoms in total. The van der Waals surface area contributed by atoms with Crippen molar-refractivity contribution in [3.63, 3.8) is 0 Å². The summed E-state index contributed by atoms with van der Waals surface area (Å²) >= 11 is 0. The molecule has 0 aromatic heterocycles. The summed E-state index contributed by atoms with van der Waals surface area (Å²) < 4.78 is 0. The molecule has 0 unspecified atom stereocenters. The lowest BCUT2D eigenvalue weighted by Crippen LogP contribution is -2.20. The lowest BCUT2D eigenvalue weighted by Gasteiger charge is -2.26. The standard InChI is InChI=1S/C28H33N/c1-21(2)25-17-22(3)16-24(18-25)20-29(6)19-23-12-14-27(15-13-23)28(4,5)26-10-8-7-9-11-26/h7-18H,1,19-20H2,2-6H3. The van der Waals surface area contributed by atoms with Crippen LogP contribution in [-0.4, -0.2) is 11.9 Å². The smallest absolute Gasteiger partial charge is 0.0234 e. The molecule has 0 heterocycles. The van der Waals surface area contributed by atoms with Crippen molar-refractivity contribution in [2.45, 2.75) is 46.2 Å². The Hall–Kier alpha value is -2.64. The minimum absolute atomic E-state index is 0.00616. The quantitative estimate of drug-likeness (QED) is 0.425. The highest BCUT2D eigenvalue weighted by Crippen LogP contribution is 2.31. The monoisotopic (exact) mass is 383 g/mol. The van der Waals surface area contributed by atoms with Crippen LogP contribution in [0.1, 0.15) is 54.2 Å². The minimum Gasteiger partial charge on any atom is -0.298 e. The summed E-state index contributed by atoms with van der Waals surface area (Å²) in [4.78, 5) is 2.37. The Bertz CT molecular complexity index is 965. The van der Waals surface area contributed by atoms with Crippen molar-refractivity contribution in [3.05, 3.63) is 113 Å². The van der Waals surface area contributed by atoms with Crippen molar-refractivity contribution in [2.75, 3.05) is 7.05 Å². The zero-order valence-electron chi connectivity index (χ0n) is 18.5. The fourth-order valence-electron chi connectivity index (χ4n) is 3.93. The summed E-state index contributed by atoms with van der Waals surface area (Å²) in [5.41, 5.74) is 9.03. The van der Waals surface area contributed by atoms with Gasteiger partial charge in [0.15, 0.2) is 0 Å². The van der Waals surface area contributed by atoms with E-state index >= 15 is 0 Å². The average molecular weight is 384 g/mol. The summed E-state index contributed by atoms with van der Waals surface area (Å²) in [7, 11) is 2.19. The Morgan fingerprint density at radius 1 is 0.828 bits per heavy atom. The first kappa shape index (κ1) is 21.1. The molecule has 29 heavy (non-hydrogen) atoms. The summed E-state index contributed by atoms with van der Waals surface area (Å²) in [6, 6.07) is 26.6. The fraction of sp³-hybridized carbons (Fsp3) is 0.286. The number of allylic oxidation sites excluding steroid dienone is 1. The molecule has 0 fully saturated rings. The second-order valence-electron chi connectivity index (χ2n) is 8.85. The van der Waals surface area contributed by atoms with Crippen molar-refractivity contribution >= 4 is 5.57 Å². The van der Waals surface area contributed by atoms with Crippen molar-refractivity contribution < 1.29 is 0 Å². The van der Waals surface area contributed by atoms with E-state index in [9.17, 15) is 0 Å². The predicted octanol–water partition coefficient (Wildman–Crippen LogP) is 6.99. The highest BCUT2D eigenvalue weighted by molar-refractivity contribution is 5.62. The summed E-state index contributed by atoms with van der Waals surface area (Å²) in [6.45, 7) is 14.8.